The topological polar surface area (TPSA) is 55.8 Å². The Labute approximate surface area is 153 Å². The second-order valence-corrected chi connectivity index (χ2v) is 7.05. The normalized spacial score (nSPS) is 19.1. The van der Waals surface area contributed by atoms with E-state index in [1.807, 2.05) is 19.1 Å². The monoisotopic (exact) mass is 408 g/mol. The number of methoxy groups -OCH3 is 1. The zero-order valence-corrected chi connectivity index (χ0v) is 15.5. The van der Waals surface area contributed by atoms with Gasteiger partial charge in [-0.1, -0.05) is 6.07 Å². The number of esters is 1. The van der Waals surface area contributed by atoms with Gasteiger partial charge in [-0.25, -0.2) is 9.18 Å². The molecular weight excluding hydrogens is 391 g/mol. The highest BCUT2D eigenvalue weighted by Gasteiger charge is 2.31. The number of aryl methyl sites for hydroxylation is 1. The van der Waals surface area contributed by atoms with Crippen LogP contribution in [0.5, 0.6) is 5.75 Å². The van der Waals surface area contributed by atoms with E-state index >= 15 is 0 Å². The van der Waals surface area contributed by atoms with Crippen LogP contribution in [0, 0.1) is 18.7 Å². The van der Waals surface area contributed by atoms with Gasteiger partial charge >= 0.3 is 5.97 Å². The number of aliphatic hydroxyl groups is 1. The second-order valence-electron chi connectivity index (χ2n) is 6.19. The Morgan fingerprint density at radius 3 is 2.88 bits per heavy atom. The molecule has 4 nitrogen and oxygen atoms in total. The lowest BCUT2D eigenvalue weighted by molar-refractivity contribution is 0.0502. The van der Waals surface area contributed by atoms with Crippen LogP contribution in [0.3, 0.4) is 0 Å². The largest absolute Gasteiger partial charge is 0.492 e. The first-order valence-corrected chi connectivity index (χ1v) is 8.67. The third kappa shape index (κ3) is 3.55. The van der Waals surface area contributed by atoms with Gasteiger partial charge in [0, 0.05) is 11.5 Å². The molecule has 0 radical (unpaired) electrons. The number of aliphatic hydroxyl groups excluding tert-OH is 1. The van der Waals surface area contributed by atoms with E-state index in [0.717, 1.165) is 21.2 Å². The standard InChI is InChI=1S/C19H18BrFO4/c1-10-5-14-17(22)12(9-25-18(14)15(20)6-10)7-11-3-4-16(21)13(8-11)19(23)24-2/h3-6,8,12,17,22H,7,9H2,1-2H3/t12-,17-/m0/s1. The van der Waals surface area contributed by atoms with Gasteiger partial charge in [0.15, 0.2) is 0 Å². The molecule has 25 heavy (non-hydrogen) atoms. The number of carbonyl (C=O) groups excluding carboxylic acids is 1. The summed E-state index contributed by atoms with van der Waals surface area (Å²) in [6.45, 7) is 2.28. The first-order valence-electron chi connectivity index (χ1n) is 7.88. The molecule has 0 spiro atoms. The van der Waals surface area contributed by atoms with Crippen molar-refractivity contribution in [2.75, 3.05) is 13.7 Å². The fourth-order valence-electron chi connectivity index (χ4n) is 3.10. The van der Waals surface area contributed by atoms with Gasteiger partial charge < -0.3 is 14.6 Å². The van der Waals surface area contributed by atoms with Gasteiger partial charge in [-0.05, 0) is 64.7 Å². The number of ether oxygens (including phenoxy) is 2. The van der Waals surface area contributed by atoms with E-state index in [2.05, 4.69) is 20.7 Å². The molecule has 6 heteroatoms. The third-order valence-electron chi connectivity index (χ3n) is 4.36. The van der Waals surface area contributed by atoms with E-state index in [4.69, 9.17) is 4.74 Å². The minimum atomic E-state index is -0.718. The number of hydrogen-bond donors (Lipinski definition) is 1. The minimum absolute atomic E-state index is 0.106. The summed E-state index contributed by atoms with van der Waals surface area (Å²) in [5.74, 6) is -0.883. The molecule has 1 aliphatic rings. The van der Waals surface area contributed by atoms with Crippen LogP contribution in [0.4, 0.5) is 4.39 Å². The number of benzene rings is 2. The summed E-state index contributed by atoms with van der Waals surface area (Å²) in [5, 5.41) is 10.7. The molecular formula is C19H18BrFO4. The predicted octanol–water partition coefficient (Wildman–Crippen LogP) is 3.97. The van der Waals surface area contributed by atoms with E-state index < -0.39 is 17.9 Å². The van der Waals surface area contributed by atoms with Crippen LogP contribution < -0.4 is 4.74 Å². The van der Waals surface area contributed by atoms with Gasteiger partial charge in [-0.15, -0.1) is 0 Å². The second kappa shape index (κ2) is 7.14. The number of carbonyl (C=O) groups is 1. The molecule has 0 aromatic heterocycles. The molecule has 1 N–H and O–H groups in total. The number of fused-ring (bicyclic) bond motifs is 1. The van der Waals surface area contributed by atoms with Crippen LogP contribution >= 0.6 is 15.9 Å². The van der Waals surface area contributed by atoms with Crippen LogP contribution in [0.1, 0.15) is 33.2 Å². The average molecular weight is 409 g/mol. The Kier molecular flexibility index (Phi) is 5.11. The summed E-state index contributed by atoms with van der Waals surface area (Å²) < 4.78 is 25.0. The molecule has 3 rings (SSSR count). The van der Waals surface area contributed by atoms with Crippen LogP contribution in [0.2, 0.25) is 0 Å². The average Bonchev–Trinajstić information content (AvgIpc) is 2.58. The lowest BCUT2D eigenvalue weighted by atomic mass is 9.87. The number of halogens is 2. The van der Waals surface area contributed by atoms with Crippen LogP contribution in [0.15, 0.2) is 34.8 Å². The zero-order chi connectivity index (χ0) is 18.1. The lowest BCUT2D eigenvalue weighted by Crippen LogP contribution is -2.28. The quantitative estimate of drug-likeness (QED) is 0.780. The predicted molar refractivity (Wildman–Crippen MR) is 94.3 cm³/mol. The third-order valence-corrected chi connectivity index (χ3v) is 4.95. The maximum Gasteiger partial charge on any atom is 0.340 e. The van der Waals surface area contributed by atoms with E-state index in [9.17, 15) is 14.3 Å². The smallest absolute Gasteiger partial charge is 0.340 e. The molecule has 132 valence electrons. The maximum absolute atomic E-state index is 13.8. The van der Waals surface area contributed by atoms with Gasteiger partial charge in [-0.2, -0.15) is 0 Å². The van der Waals surface area contributed by atoms with Crippen molar-refractivity contribution in [3.8, 4) is 5.75 Å². The SMILES string of the molecule is COC(=O)c1cc(C[C@H]2COc3c(Br)cc(C)cc3[C@H]2O)ccc1F. The van der Waals surface area contributed by atoms with Crippen molar-refractivity contribution >= 4 is 21.9 Å². The van der Waals surface area contributed by atoms with E-state index in [1.165, 1.54) is 19.2 Å². The Balaban J connectivity index is 1.86. The van der Waals surface area contributed by atoms with Crippen molar-refractivity contribution in [1.82, 2.24) is 0 Å². The first kappa shape index (κ1) is 17.9. The van der Waals surface area contributed by atoms with Crippen molar-refractivity contribution in [3.05, 3.63) is 62.9 Å². The van der Waals surface area contributed by atoms with Crippen LogP contribution in [-0.2, 0) is 11.2 Å². The van der Waals surface area contributed by atoms with Crippen LogP contribution in [-0.4, -0.2) is 24.8 Å². The Hall–Kier alpha value is -1.92. The summed E-state index contributed by atoms with van der Waals surface area (Å²) in [7, 11) is 1.21. The molecule has 0 fully saturated rings. The molecule has 2 aromatic carbocycles. The summed E-state index contributed by atoms with van der Waals surface area (Å²) >= 11 is 3.46. The molecule has 0 unspecified atom stereocenters. The minimum Gasteiger partial charge on any atom is -0.492 e. The molecule has 2 atom stereocenters. The molecule has 0 bridgehead atoms. The van der Waals surface area contributed by atoms with Crippen molar-refractivity contribution in [2.45, 2.75) is 19.4 Å². The van der Waals surface area contributed by atoms with Gasteiger partial charge in [0.25, 0.3) is 0 Å². The molecule has 1 heterocycles. The Bertz CT molecular complexity index is 821. The van der Waals surface area contributed by atoms with E-state index in [-0.39, 0.29) is 11.5 Å². The Morgan fingerprint density at radius 1 is 1.40 bits per heavy atom. The van der Waals surface area contributed by atoms with Gasteiger partial charge in [0.05, 0.1) is 29.9 Å². The molecule has 2 aromatic rings. The molecule has 0 aliphatic carbocycles. The molecule has 0 saturated carbocycles. The fourth-order valence-corrected chi connectivity index (χ4v) is 3.81. The molecule has 0 saturated heterocycles. The molecule has 0 amide bonds. The highest BCUT2D eigenvalue weighted by atomic mass is 79.9. The van der Waals surface area contributed by atoms with E-state index in [1.54, 1.807) is 6.07 Å². The molecule has 1 aliphatic heterocycles. The number of rotatable bonds is 3. The van der Waals surface area contributed by atoms with Crippen molar-refractivity contribution < 1.29 is 23.8 Å². The summed E-state index contributed by atoms with van der Waals surface area (Å²) in [5.41, 5.74) is 2.39. The highest BCUT2D eigenvalue weighted by molar-refractivity contribution is 9.10. The summed E-state index contributed by atoms with van der Waals surface area (Å²) in [4.78, 5) is 11.6. The van der Waals surface area contributed by atoms with Gasteiger partial charge in [0.2, 0.25) is 0 Å². The van der Waals surface area contributed by atoms with Gasteiger partial charge in [0.1, 0.15) is 11.6 Å². The first-order chi connectivity index (χ1) is 11.9. The zero-order valence-electron chi connectivity index (χ0n) is 13.9. The van der Waals surface area contributed by atoms with Crippen molar-refractivity contribution in [1.29, 1.82) is 0 Å². The fraction of sp³-hybridized carbons (Fsp3) is 0.316. The maximum atomic E-state index is 13.8. The van der Waals surface area contributed by atoms with Crippen molar-refractivity contribution in [2.24, 2.45) is 5.92 Å². The highest BCUT2D eigenvalue weighted by Crippen LogP contribution is 2.42. The van der Waals surface area contributed by atoms with E-state index in [0.29, 0.717) is 18.8 Å². The van der Waals surface area contributed by atoms with Gasteiger partial charge in [-0.3, -0.25) is 0 Å². The summed E-state index contributed by atoms with van der Waals surface area (Å²) in [6.07, 6.45) is -0.247. The van der Waals surface area contributed by atoms with Crippen LogP contribution in [0.25, 0.3) is 0 Å². The Morgan fingerprint density at radius 2 is 2.16 bits per heavy atom. The summed E-state index contributed by atoms with van der Waals surface area (Å²) in [6, 6.07) is 8.16. The van der Waals surface area contributed by atoms with Crippen molar-refractivity contribution in [3.63, 3.8) is 0 Å². The lowest BCUT2D eigenvalue weighted by Gasteiger charge is -2.31. The number of hydrogen-bond acceptors (Lipinski definition) is 4.